The van der Waals surface area contributed by atoms with Crippen LogP contribution in [0.4, 0.5) is 11.6 Å². The fraction of sp³-hybridized carbons (Fsp3) is 0.222. The summed E-state index contributed by atoms with van der Waals surface area (Å²) in [6.45, 7) is 1.47. The molecular weight excluding hydrogens is 444 g/mol. The number of amides is 2. The van der Waals surface area contributed by atoms with Gasteiger partial charge in [-0.2, -0.15) is 0 Å². The number of imidazole rings is 1. The van der Waals surface area contributed by atoms with Crippen LogP contribution < -0.4 is 19.7 Å². The lowest BCUT2D eigenvalue weighted by atomic mass is 10.1. The Labute approximate surface area is 202 Å². The average molecular weight is 469 g/mol. The Morgan fingerprint density at radius 3 is 2.60 bits per heavy atom. The fourth-order valence-electron chi connectivity index (χ4n) is 4.70. The first-order valence-corrected chi connectivity index (χ1v) is 11.7. The summed E-state index contributed by atoms with van der Waals surface area (Å²) < 4.78 is 13.0. The second kappa shape index (κ2) is 8.79. The predicted molar refractivity (Wildman–Crippen MR) is 132 cm³/mol. The molecule has 3 heterocycles. The monoisotopic (exact) mass is 468 g/mol. The number of carbonyl (C=O) groups excluding carboxylic acids is 2. The topological polar surface area (TPSA) is 85.7 Å². The van der Waals surface area contributed by atoms with Crippen molar-refractivity contribution in [3.05, 3.63) is 78.4 Å². The molecule has 0 bridgehead atoms. The molecule has 4 aromatic rings. The first kappa shape index (κ1) is 21.2. The Balaban J connectivity index is 1.25. The first-order valence-electron chi connectivity index (χ1n) is 11.7. The number of ether oxygens (including phenoxy) is 2. The number of hydrogen-bond donors (Lipinski definition) is 1. The van der Waals surface area contributed by atoms with Crippen LogP contribution in [-0.4, -0.2) is 41.1 Å². The van der Waals surface area contributed by atoms with E-state index in [9.17, 15) is 9.59 Å². The van der Waals surface area contributed by atoms with E-state index in [2.05, 4.69) is 5.32 Å². The van der Waals surface area contributed by atoms with E-state index in [1.807, 2.05) is 59.2 Å². The molecule has 2 aliphatic rings. The summed E-state index contributed by atoms with van der Waals surface area (Å²) in [7, 11) is 0. The van der Waals surface area contributed by atoms with E-state index in [1.54, 1.807) is 23.1 Å². The number of hydrogen-bond acceptors (Lipinski definition) is 5. The summed E-state index contributed by atoms with van der Waals surface area (Å²) >= 11 is 0. The zero-order valence-corrected chi connectivity index (χ0v) is 19.0. The van der Waals surface area contributed by atoms with Crippen LogP contribution in [0.15, 0.2) is 72.8 Å². The van der Waals surface area contributed by atoms with Crippen molar-refractivity contribution in [3.63, 3.8) is 0 Å². The van der Waals surface area contributed by atoms with Gasteiger partial charge in [-0.25, -0.2) is 4.98 Å². The first-order chi connectivity index (χ1) is 17.2. The zero-order chi connectivity index (χ0) is 23.8. The normalized spacial score (nSPS) is 16.4. The molecule has 0 unspecified atom stereocenters. The number of fused-ring (bicyclic) bond motifs is 4. The van der Waals surface area contributed by atoms with Crippen LogP contribution in [0.1, 0.15) is 18.0 Å². The summed E-state index contributed by atoms with van der Waals surface area (Å²) in [6, 6.07) is 22.4. The molecule has 3 aromatic carbocycles. The van der Waals surface area contributed by atoms with Crippen molar-refractivity contribution in [3.8, 4) is 11.5 Å². The third kappa shape index (κ3) is 3.97. The number of aromatic nitrogens is 2. The molecule has 1 aromatic heterocycles. The van der Waals surface area contributed by atoms with Crippen LogP contribution in [0.3, 0.4) is 0 Å². The molecular formula is C27H24N4O4. The van der Waals surface area contributed by atoms with Crippen molar-refractivity contribution >= 4 is 34.5 Å². The molecule has 0 saturated carbocycles. The zero-order valence-electron chi connectivity index (χ0n) is 19.0. The smallest absolute Gasteiger partial charge is 0.253 e. The predicted octanol–water partition coefficient (Wildman–Crippen LogP) is 3.97. The van der Waals surface area contributed by atoms with E-state index in [0.717, 1.165) is 16.6 Å². The standard InChI is InChI=1S/C27H24N4O4/c32-25(28-19-10-11-23-24(16-19)35-15-14-34-23)17-22-26(33)30(13-12-18-6-2-1-3-7-18)27-29-20-8-4-5-9-21(20)31(22)27/h1-11,16,22H,12-15,17H2,(H,28,32)/t22-/m0/s1. The third-order valence-corrected chi connectivity index (χ3v) is 6.35. The van der Waals surface area contributed by atoms with Crippen LogP contribution in [0.2, 0.25) is 0 Å². The van der Waals surface area contributed by atoms with Gasteiger partial charge in [0.1, 0.15) is 19.3 Å². The number of anilines is 2. The van der Waals surface area contributed by atoms with Crippen LogP contribution in [0.5, 0.6) is 11.5 Å². The Kier molecular flexibility index (Phi) is 5.33. The number of para-hydroxylation sites is 2. The van der Waals surface area contributed by atoms with Crippen LogP contribution in [-0.2, 0) is 16.0 Å². The van der Waals surface area contributed by atoms with Gasteiger partial charge < -0.3 is 14.8 Å². The highest BCUT2D eigenvalue weighted by molar-refractivity contribution is 6.05. The summed E-state index contributed by atoms with van der Waals surface area (Å²) in [4.78, 5) is 33.0. The van der Waals surface area contributed by atoms with Gasteiger partial charge in [0.15, 0.2) is 11.5 Å². The average Bonchev–Trinajstić information content (AvgIpc) is 3.37. The highest BCUT2D eigenvalue weighted by Gasteiger charge is 2.40. The Hall–Kier alpha value is -4.33. The van der Waals surface area contributed by atoms with E-state index in [-0.39, 0.29) is 18.2 Å². The van der Waals surface area contributed by atoms with Crippen LogP contribution >= 0.6 is 0 Å². The van der Waals surface area contributed by atoms with Crippen molar-refractivity contribution in [2.75, 3.05) is 30.0 Å². The lowest BCUT2D eigenvalue weighted by molar-refractivity contribution is -0.124. The van der Waals surface area contributed by atoms with Crippen molar-refractivity contribution < 1.29 is 19.1 Å². The molecule has 8 nitrogen and oxygen atoms in total. The van der Waals surface area contributed by atoms with E-state index in [4.69, 9.17) is 14.5 Å². The maximum atomic E-state index is 13.5. The van der Waals surface area contributed by atoms with Gasteiger partial charge in [0, 0.05) is 18.3 Å². The molecule has 1 atom stereocenters. The van der Waals surface area contributed by atoms with Gasteiger partial charge in [-0.15, -0.1) is 0 Å². The minimum atomic E-state index is -0.662. The fourth-order valence-corrected chi connectivity index (χ4v) is 4.70. The van der Waals surface area contributed by atoms with Gasteiger partial charge in [0.05, 0.1) is 17.5 Å². The number of benzene rings is 3. The van der Waals surface area contributed by atoms with E-state index in [1.165, 1.54) is 0 Å². The van der Waals surface area contributed by atoms with Gasteiger partial charge in [-0.05, 0) is 36.2 Å². The van der Waals surface area contributed by atoms with Crippen molar-refractivity contribution in [2.45, 2.75) is 18.9 Å². The summed E-state index contributed by atoms with van der Waals surface area (Å²) in [5.41, 5.74) is 3.39. The van der Waals surface area contributed by atoms with Gasteiger partial charge >= 0.3 is 0 Å². The Morgan fingerprint density at radius 1 is 0.971 bits per heavy atom. The minimum absolute atomic E-state index is 0.00245. The number of carbonyl (C=O) groups is 2. The molecule has 6 rings (SSSR count). The third-order valence-electron chi connectivity index (χ3n) is 6.35. The molecule has 0 fully saturated rings. The van der Waals surface area contributed by atoms with E-state index in [0.29, 0.717) is 49.3 Å². The largest absolute Gasteiger partial charge is 0.486 e. The second-order valence-corrected chi connectivity index (χ2v) is 8.62. The highest BCUT2D eigenvalue weighted by atomic mass is 16.6. The molecule has 176 valence electrons. The Bertz CT molecular complexity index is 1420. The van der Waals surface area contributed by atoms with E-state index < -0.39 is 6.04 Å². The van der Waals surface area contributed by atoms with Gasteiger partial charge in [0.25, 0.3) is 5.91 Å². The van der Waals surface area contributed by atoms with Crippen molar-refractivity contribution in [2.24, 2.45) is 0 Å². The molecule has 0 radical (unpaired) electrons. The minimum Gasteiger partial charge on any atom is -0.486 e. The molecule has 2 aliphatic heterocycles. The summed E-state index contributed by atoms with van der Waals surface area (Å²) in [5, 5.41) is 2.90. The van der Waals surface area contributed by atoms with Crippen molar-refractivity contribution in [1.29, 1.82) is 0 Å². The number of rotatable bonds is 6. The van der Waals surface area contributed by atoms with E-state index >= 15 is 0 Å². The number of nitrogens with one attached hydrogen (secondary N) is 1. The molecule has 1 N–H and O–H groups in total. The number of nitrogens with zero attached hydrogens (tertiary/aromatic N) is 3. The highest BCUT2D eigenvalue weighted by Crippen LogP contribution is 2.37. The van der Waals surface area contributed by atoms with Crippen molar-refractivity contribution in [1.82, 2.24) is 9.55 Å². The van der Waals surface area contributed by atoms with Gasteiger partial charge in [-0.3, -0.25) is 19.1 Å². The lowest BCUT2D eigenvalue weighted by Crippen LogP contribution is -2.33. The summed E-state index contributed by atoms with van der Waals surface area (Å²) in [6.07, 6.45) is 0.703. The molecule has 35 heavy (non-hydrogen) atoms. The van der Waals surface area contributed by atoms with Crippen LogP contribution in [0.25, 0.3) is 11.0 Å². The molecule has 0 saturated heterocycles. The maximum Gasteiger partial charge on any atom is 0.253 e. The molecule has 8 heteroatoms. The summed E-state index contributed by atoms with van der Waals surface area (Å²) in [5.74, 6) is 1.47. The van der Waals surface area contributed by atoms with Crippen LogP contribution in [0, 0.1) is 0 Å². The van der Waals surface area contributed by atoms with Gasteiger partial charge in [0.2, 0.25) is 11.9 Å². The Morgan fingerprint density at radius 2 is 1.74 bits per heavy atom. The second-order valence-electron chi connectivity index (χ2n) is 8.62. The molecule has 0 spiro atoms. The maximum absolute atomic E-state index is 13.5. The molecule has 2 amide bonds. The molecule has 0 aliphatic carbocycles. The quantitative estimate of drug-likeness (QED) is 0.463. The van der Waals surface area contributed by atoms with Gasteiger partial charge in [-0.1, -0.05) is 42.5 Å². The SMILES string of the molecule is O=C(C[C@H]1C(=O)N(CCc2ccccc2)c2nc3ccccc3n21)Nc1ccc2c(c1)OCCO2. The lowest BCUT2D eigenvalue weighted by Gasteiger charge is -2.19.